The first kappa shape index (κ1) is 12.9. The number of hydrogen-bond acceptors (Lipinski definition) is 2. The minimum atomic E-state index is 0.641. The highest BCUT2D eigenvalue weighted by atomic mass is 32.1. The second-order valence-corrected chi connectivity index (χ2v) is 5.37. The van der Waals surface area contributed by atoms with E-state index in [1.807, 2.05) is 0 Å². The Labute approximate surface area is 99.2 Å². The van der Waals surface area contributed by atoms with Crippen LogP contribution in [0.1, 0.15) is 46.0 Å². The van der Waals surface area contributed by atoms with Crippen molar-refractivity contribution in [3.63, 3.8) is 0 Å². The molecule has 3 heteroatoms. The number of hydrogen-bond donors (Lipinski definition) is 1. The fraction of sp³-hybridized carbons (Fsp3) is 0.917. The summed E-state index contributed by atoms with van der Waals surface area (Å²) in [7, 11) is 0. The van der Waals surface area contributed by atoms with Crippen molar-refractivity contribution in [2.75, 3.05) is 13.1 Å². The smallest absolute Gasteiger partial charge is 0.0870 e. The Morgan fingerprint density at radius 1 is 1.33 bits per heavy atom. The third-order valence-electron chi connectivity index (χ3n) is 3.37. The van der Waals surface area contributed by atoms with Crippen LogP contribution < -0.4 is 5.73 Å². The van der Waals surface area contributed by atoms with E-state index in [9.17, 15) is 0 Å². The summed E-state index contributed by atoms with van der Waals surface area (Å²) in [4.78, 5) is 3.12. The molecule has 0 amide bonds. The first-order chi connectivity index (χ1) is 7.13. The van der Waals surface area contributed by atoms with Crippen LogP contribution in [0.3, 0.4) is 0 Å². The number of nitrogens with two attached hydrogens (primary N) is 1. The highest BCUT2D eigenvalue weighted by molar-refractivity contribution is 7.80. The van der Waals surface area contributed by atoms with Crippen molar-refractivity contribution in [3.05, 3.63) is 0 Å². The molecule has 1 aliphatic carbocycles. The molecule has 0 radical (unpaired) electrons. The van der Waals surface area contributed by atoms with Gasteiger partial charge in [-0.1, -0.05) is 26.1 Å². The molecule has 0 aromatic rings. The van der Waals surface area contributed by atoms with Crippen LogP contribution >= 0.6 is 12.2 Å². The molecule has 0 saturated heterocycles. The standard InChI is InChI=1S/C12H24N2S/c1-3-8-14(9-12(13)15)11-6-4-10(2)5-7-11/h10-11H,3-9H2,1-2H3,(H2,13,15). The minimum absolute atomic E-state index is 0.641. The summed E-state index contributed by atoms with van der Waals surface area (Å²) >= 11 is 5.01. The van der Waals surface area contributed by atoms with Gasteiger partial charge in [-0.25, -0.2) is 0 Å². The van der Waals surface area contributed by atoms with E-state index in [-0.39, 0.29) is 0 Å². The molecule has 1 rings (SSSR count). The third kappa shape index (κ3) is 4.47. The Bertz CT molecular complexity index is 198. The van der Waals surface area contributed by atoms with E-state index >= 15 is 0 Å². The molecule has 0 spiro atoms. The predicted molar refractivity (Wildman–Crippen MR) is 70.1 cm³/mol. The molecule has 1 fully saturated rings. The van der Waals surface area contributed by atoms with Crippen LogP contribution in [-0.4, -0.2) is 29.0 Å². The van der Waals surface area contributed by atoms with Gasteiger partial charge >= 0.3 is 0 Å². The molecule has 88 valence electrons. The fourth-order valence-electron chi connectivity index (χ4n) is 2.49. The van der Waals surface area contributed by atoms with Crippen LogP contribution in [0.2, 0.25) is 0 Å². The molecule has 0 heterocycles. The summed E-state index contributed by atoms with van der Waals surface area (Å²) in [6.07, 6.45) is 6.56. The molecule has 15 heavy (non-hydrogen) atoms. The van der Waals surface area contributed by atoms with E-state index in [4.69, 9.17) is 18.0 Å². The van der Waals surface area contributed by atoms with E-state index in [1.165, 1.54) is 32.1 Å². The average Bonchev–Trinajstić information content (AvgIpc) is 2.17. The van der Waals surface area contributed by atoms with Crippen molar-refractivity contribution in [2.24, 2.45) is 11.7 Å². The molecule has 1 saturated carbocycles. The summed E-state index contributed by atoms with van der Waals surface area (Å²) in [6.45, 7) is 6.52. The van der Waals surface area contributed by atoms with Crippen LogP contribution in [0.15, 0.2) is 0 Å². The van der Waals surface area contributed by atoms with E-state index < -0.39 is 0 Å². The van der Waals surface area contributed by atoms with E-state index in [0.717, 1.165) is 25.0 Å². The van der Waals surface area contributed by atoms with Gasteiger partial charge in [-0.2, -0.15) is 0 Å². The lowest BCUT2D eigenvalue weighted by atomic mass is 9.86. The second-order valence-electron chi connectivity index (χ2n) is 4.85. The summed E-state index contributed by atoms with van der Waals surface area (Å²) < 4.78 is 0. The Hall–Kier alpha value is -0.150. The van der Waals surface area contributed by atoms with E-state index in [2.05, 4.69) is 18.7 Å². The van der Waals surface area contributed by atoms with E-state index in [0.29, 0.717) is 4.99 Å². The Kier molecular flexibility index (Phi) is 5.54. The number of nitrogens with zero attached hydrogens (tertiary/aromatic N) is 1. The van der Waals surface area contributed by atoms with Gasteiger partial charge in [0.25, 0.3) is 0 Å². The first-order valence-electron chi connectivity index (χ1n) is 6.15. The van der Waals surface area contributed by atoms with Crippen molar-refractivity contribution in [3.8, 4) is 0 Å². The quantitative estimate of drug-likeness (QED) is 0.733. The van der Waals surface area contributed by atoms with Crippen molar-refractivity contribution in [2.45, 2.75) is 52.0 Å². The van der Waals surface area contributed by atoms with Gasteiger partial charge in [0.2, 0.25) is 0 Å². The molecule has 2 nitrogen and oxygen atoms in total. The lowest BCUT2D eigenvalue weighted by Crippen LogP contribution is -2.42. The van der Waals surface area contributed by atoms with Crippen LogP contribution in [0.25, 0.3) is 0 Å². The van der Waals surface area contributed by atoms with Crippen LogP contribution in [0, 0.1) is 5.92 Å². The Balaban J connectivity index is 2.44. The molecule has 2 N–H and O–H groups in total. The maximum Gasteiger partial charge on any atom is 0.0870 e. The zero-order valence-electron chi connectivity index (χ0n) is 10.0. The highest BCUT2D eigenvalue weighted by Crippen LogP contribution is 2.27. The SMILES string of the molecule is CCCN(CC(N)=S)C1CCC(C)CC1. The summed E-state index contributed by atoms with van der Waals surface area (Å²) in [5.41, 5.74) is 5.65. The Morgan fingerprint density at radius 2 is 1.93 bits per heavy atom. The largest absolute Gasteiger partial charge is 0.392 e. The van der Waals surface area contributed by atoms with Crippen molar-refractivity contribution in [1.82, 2.24) is 4.90 Å². The predicted octanol–water partition coefficient (Wildman–Crippen LogP) is 2.56. The van der Waals surface area contributed by atoms with Crippen LogP contribution in [0.4, 0.5) is 0 Å². The normalized spacial score (nSPS) is 26.9. The highest BCUT2D eigenvalue weighted by Gasteiger charge is 2.23. The van der Waals surface area contributed by atoms with Gasteiger partial charge in [0.1, 0.15) is 0 Å². The lowest BCUT2D eigenvalue weighted by molar-refractivity contribution is 0.158. The third-order valence-corrected chi connectivity index (χ3v) is 3.50. The fourth-order valence-corrected chi connectivity index (χ4v) is 2.65. The first-order valence-corrected chi connectivity index (χ1v) is 6.56. The van der Waals surface area contributed by atoms with Crippen molar-refractivity contribution in [1.29, 1.82) is 0 Å². The minimum Gasteiger partial charge on any atom is -0.392 e. The molecular weight excluding hydrogens is 204 g/mol. The second kappa shape index (κ2) is 6.44. The lowest BCUT2D eigenvalue weighted by Gasteiger charge is -2.35. The van der Waals surface area contributed by atoms with Crippen LogP contribution in [-0.2, 0) is 0 Å². The molecule has 1 aliphatic rings. The Morgan fingerprint density at radius 3 is 2.40 bits per heavy atom. The van der Waals surface area contributed by atoms with Crippen molar-refractivity contribution >= 4 is 17.2 Å². The maximum absolute atomic E-state index is 5.65. The topological polar surface area (TPSA) is 29.3 Å². The number of thiocarbonyl (C=S) groups is 1. The zero-order valence-corrected chi connectivity index (χ0v) is 10.9. The van der Waals surface area contributed by atoms with Gasteiger partial charge in [-0.3, -0.25) is 4.90 Å². The van der Waals surface area contributed by atoms with Crippen molar-refractivity contribution < 1.29 is 0 Å². The molecule has 0 aliphatic heterocycles. The van der Waals surface area contributed by atoms with Gasteiger partial charge in [0.05, 0.1) is 4.99 Å². The van der Waals surface area contributed by atoms with E-state index in [1.54, 1.807) is 0 Å². The van der Waals surface area contributed by atoms with Gasteiger partial charge < -0.3 is 5.73 Å². The summed E-state index contributed by atoms with van der Waals surface area (Å²) in [5, 5.41) is 0. The molecule has 0 bridgehead atoms. The van der Waals surface area contributed by atoms with Gasteiger partial charge in [-0.05, 0) is 44.6 Å². The molecule has 0 unspecified atom stereocenters. The average molecular weight is 228 g/mol. The van der Waals surface area contributed by atoms with Crippen LogP contribution in [0.5, 0.6) is 0 Å². The zero-order chi connectivity index (χ0) is 11.3. The van der Waals surface area contributed by atoms with Gasteiger partial charge in [-0.15, -0.1) is 0 Å². The number of rotatable bonds is 5. The molecule has 0 aromatic carbocycles. The molecular formula is C12H24N2S. The summed E-state index contributed by atoms with van der Waals surface area (Å²) in [6, 6.07) is 0.725. The monoisotopic (exact) mass is 228 g/mol. The molecule has 0 atom stereocenters. The maximum atomic E-state index is 5.65. The molecule has 0 aromatic heterocycles. The van der Waals surface area contributed by atoms with Gasteiger partial charge in [0.15, 0.2) is 0 Å². The summed E-state index contributed by atoms with van der Waals surface area (Å²) in [5.74, 6) is 0.912. The van der Waals surface area contributed by atoms with Gasteiger partial charge in [0, 0.05) is 12.6 Å².